The number of nitrogens with zero attached hydrogens (tertiary/aromatic N) is 1. The number of fused-ring (bicyclic) bond motifs is 1. The molecule has 0 bridgehead atoms. The molecule has 7 nitrogen and oxygen atoms in total. The monoisotopic (exact) mass is 526 g/mol. The number of carboxylic acids is 1. The maximum atomic E-state index is 13.5. The number of methoxy groups -OCH3 is 2. The number of nitrogens with one attached hydrogen (secondary N) is 1. The van der Waals surface area contributed by atoms with Crippen LogP contribution in [0.5, 0.6) is 11.5 Å². The van der Waals surface area contributed by atoms with E-state index in [2.05, 4.69) is 29.4 Å². The molecule has 37 heavy (non-hydrogen) atoms. The Morgan fingerprint density at radius 1 is 1.11 bits per heavy atom. The number of ether oxygens (including phenoxy) is 2. The molecular formula is C26H30F4N2O5. The Labute approximate surface area is 212 Å². The molecule has 1 aliphatic carbocycles. The zero-order valence-electron chi connectivity index (χ0n) is 20.8. The normalized spacial score (nSPS) is 23.3. The number of benzene rings is 2. The number of carbonyl (C=O) groups excluding carboxylic acids is 1. The number of likely N-dealkylation sites (N-methyl/N-ethyl adjacent to an activating group) is 1. The first-order chi connectivity index (χ1) is 17.4. The Morgan fingerprint density at radius 3 is 2.38 bits per heavy atom. The third kappa shape index (κ3) is 6.51. The van der Waals surface area contributed by atoms with Gasteiger partial charge < -0.3 is 24.8 Å². The minimum absolute atomic E-state index is 0.0361. The lowest BCUT2D eigenvalue weighted by Crippen LogP contribution is -2.47. The largest absolute Gasteiger partial charge is 0.493 e. The van der Waals surface area contributed by atoms with Crippen molar-refractivity contribution in [3.8, 4) is 11.5 Å². The summed E-state index contributed by atoms with van der Waals surface area (Å²) in [6, 6.07) is 12.2. The molecule has 2 aliphatic rings. The SMILES string of the molecule is COc1ccc([C@@]23CC[C@@H](NC(=O)c4cccc(F)c4)C[C@@H]2CN(C)C3)cc1OC.O=C(O)C(F)(F)F. The summed E-state index contributed by atoms with van der Waals surface area (Å²) in [6.07, 6.45) is -2.31. The van der Waals surface area contributed by atoms with Crippen molar-refractivity contribution in [3.63, 3.8) is 0 Å². The maximum Gasteiger partial charge on any atom is 0.490 e. The number of aliphatic carboxylic acids is 1. The average Bonchev–Trinajstić information content (AvgIpc) is 3.19. The van der Waals surface area contributed by atoms with Gasteiger partial charge >= 0.3 is 12.1 Å². The Bertz CT molecular complexity index is 1130. The molecule has 1 aliphatic heterocycles. The smallest absolute Gasteiger partial charge is 0.490 e. The van der Waals surface area contributed by atoms with Gasteiger partial charge in [-0.05, 0) is 68.1 Å². The van der Waals surface area contributed by atoms with Crippen molar-refractivity contribution in [1.29, 1.82) is 0 Å². The molecule has 1 saturated carbocycles. The van der Waals surface area contributed by atoms with Gasteiger partial charge in [-0.1, -0.05) is 12.1 Å². The number of hydrogen-bond acceptors (Lipinski definition) is 5. The fourth-order valence-electron chi connectivity index (χ4n) is 5.35. The molecule has 0 aromatic heterocycles. The summed E-state index contributed by atoms with van der Waals surface area (Å²) < 4.78 is 56.2. The molecule has 3 atom stereocenters. The molecule has 2 fully saturated rings. The van der Waals surface area contributed by atoms with Crippen LogP contribution in [0.2, 0.25) is 0 Å². The van der Waals surface area contributed by atoms with Crippen LogP contribution < -0.4 is 14.8 Å². The van der Waals surface area contributed by atoms with E-state index in [-0.39, 0.29) is 17.4 Å². The molecule has 2 N–H and O–H groups in total. The number of alkyl halides is 3. The maximum absolute atomic E-state index is 13.5. The second-order valence-electron chi connectivity index (χ2n) is 9.38. The summed E-state index contributed by atoms with van der Waals surface area (Å²) in [6.45, 7) is 1.97. The van der Waals surface area contributed by atoms with Crippen LogP contribution in [0, 0.1) is 11.7 Å². The van der Waals surface area contributed by atoms with E-state index in [9.17, 15) is 22.4 Å². The number of carboxylic acid groups (broad SMARTS) is 1. The first-order valence-corrected chi connectivity index (χ1v) is 11.7. The number of amides is 1. The molecule has 202 valence electrons. The fourth-order valence-corrected chi connectivity index (χ4v) is 5.35. The second-order valence-corrected chi connectivity index (χ2v) is 9.38. The van der Waals surface area contributed by atoms with Crippen LogP contribution >= 0.6 is 0 Å². The molecule has 0 spiro atoms. The lowest BCUT2D eigenvalue weighted by molar-refractivity contribution is -0.192. The Hall–Kier alpha value is -3.34. The molecular weight excluding hydrogens is 496 g/mol. The van der Waals surface area contributed by atoms with Gasteiger partial charge in [-0.3, -0.25) is 4.79 Å². The lowest BCUT2D eigenvalue weighted by Gasteiger charge is -2.43. The van der Waals surface area contributed by atoms with Crippen molar-refractivity contribution in [1.82, 2.24) is 10.2 Å². The zero-order valence-corrected chi connectivity index (χ0v) is 20.8. The third-order valence-electron chi connectivity index (χ3n) is 7.00. The minimum atomic E-state index is -5.08. The first-order valence-electron chi connectivity index (χ1n) is 11.7. The van der Waals surface area contributed by atoms with Crippen LogP contribution in [0.1, 0.15) is 35.2 Å². The molecule has 1 amide bonds. The molecule has 2 aromatic carbocycles. The standard InChI is InChI=1S/C24H29FN2O3.C2HF3O2/c1-27-14-18-12-20(26-23(28)16-5-4-6-19(25)11-16)9-10-24(18,15-27)17-7-8-21(29-2)22(13-17)30-3;3-2(4,5)1(6)7/h4-8,11,13,18,20H,9-10,12,14-15H2,1-3H3,(H,26,28);(H,6,7)/t18-,20-,24+;/m1./s1. The summed E-state index contributed by atoms with van der Waals surface area (Å²) in [5, 5.41) is 10.3. The number of hydrogen-bond donors (Lipinski definition) is 2. The third-order valence-corrected chi connectivity index (χ3v) is 7.00. The quantitative estimate of drug-likeness (QED) is 0.567. The van der Waals surface area contributed by atoms with Crippen molar-refractivity contribution < 1.29 is 41.7 Å². The van der Waals surface area contributed by atoms with Gasteiger partial charge in [0.1, 0.15) is 5.82 Å². The fraction of sp³-hybridized carbons (Fsp3) is 0.462. The van der Waals surface area contributed by atoms with E-state index < -0.39 is 18.0 Å². The van der Waals surface area contributed by atoms with E-state index in [1.54, 1.807) is 26.4 Å². The van der Waals surface area contributed by atoms with Crippen molar-refractivity contribution in [2.75, 3.05) is 34.4 Å². The first kappa shape index (κ1) is 28.2. The van der Waals surface area contributed by atoms with E-state index in [1.165, 1.54) is 17.7 Å². The molecule has 4 rings (SSSR count). The van der Waals surface area contributed by atoms with Gasteiger partial charge in [-0.15, -0.1) is 0 Å². The highest BCUT2D eigenvalue weighted by molar-refractivity contribution is 5.94. The van der Waals surface area contributed by atoms with Crippen molar-refractivity contribution in [2.45, 2.75) is 36.9 Å². The van der Waals surface area contributed by atoms with E-state index in [0.29, 0.717) is 11.5 Å². The number of likely N-dealkylation sites (tertiary alicyclic amines) is 1. The topological polar surface area (TPSA) is 88.1 Å². The summed E-state index contributed by atoms with van der Waals surface area (Å²) in [4.78, 5) is 23.9. The van der Waals surface area contributed by atoms with Crippen LogP contribution in [-0.4, -0.2) is 68.5 Å². The zero-order chi connectivity index (χ0) is 27.4. The summed E-state index contributed by atoms with van der Waals surface area (Å²) in [7, 11) is 5.46. The van der Waals surface area contributed by atoms with E-state index in [0.717, 1.165) is 43.9 Å². The van der Waals surface area contributed by atoms with Crippen molar-refractivity contribution >= 4 is 11.9 Å². The van der Waals surface area contributed by atoms with Gasteiger partial charge in [0.25, 0.3) is 5.91 Å². The van der Waals surface area contributed by atoms with Gasteiger partial charge in [0.05, 0.1) is 14.2 Å². The highest BCUT2D eigenvalue weighted by Gasteiger charge is 2.50. The second kappa shape index (κ2) is 11.4. The molecule has 0 unspecified atom stereocenters. The van der Waals surface area contributed by atoms with Crippen LogP contribution in [0.25, 0.3) is 0 Å². The van der Waals surface area contributed by atoms with Crippen LogP contribution in [0.4, 0.5) is 17.6 Å². The van der Waals surface area contributed by atoms with Crippen LogP contribution in [0.15, 0.2) is 42.5 Å². The molecule has 0 radical (unpaired) electrons. The van der Waals surface area contributed by atoms with Gasteiger partial charge in [-0.25, -0.2) is 9.18 Å². The van der Waals surface area contributed by atoms with Gasteiger partial charge in [0.2, 0.25) is 0 Å². The summed E-state index contributed by atoms with van der Waals surface area (Å²) >= 11 is 0. The Morgan fingerprint density at radius 2 is 1.78 bits per heavy atom. The summed E-state index contributed by atoms with van der Waals surface area (Å²) in [5.41, 5.74) is 1.67. The predicted molar refractivity (Wildman–Crippen MR) is 127 cm³/mol. The van der Waals surface area contributed by atoms with Crippen LogP contribution in [0.3, 0.4) is 0 Å². The van der Waals surface area contributed by atoms with Crippen LogP contribution in [-0.2, 0) is 10.2 Å². The Kier molecular flexibility index (Phi) is 8.68. The van der Waals surface area contributed by atoms with Crippen molar-refractivity contribution in [2.24, 2.45) is 5.92 Å². The minimum Gasteiger partial charge on any atom is -0.493 e. The number of carbonyl (C=O) groups is 2. The summed E-state index contributed by atoms with van der Waals surface area (Å²) in [5.74, 6) is -1.45. The highest BCUT2D eigenvalue weighted by atomic mass is 19.4. The number of rotatable bonds is 5. The Balaban J connectivity index is 0.000000479. The predicted octanol–water partition coefficient (Wildman–Crippen LogP) is 4.26. The van der Waals surface area contributed by atoms with Crippen molar-refractivity contribution in [3.05, 3.63) is 59.4 Å². The average molecular weight is 527 g/mol. The van der Waals surface area contributed by atoms with Gasteiger partial charge in [-0.2, -0.15) is 13.2 Å². The lowest BCUT2D eigenvalue weighted by atomic mass is 9.63. The number of halogens is 4. The van der Waals surface area contributed by atoms with Gasteiger partial charge in [0, 0.05) is 30.1 Å². The molecule has 1 heterocycles. The van der Waals surface area contributed by atoms with E-state index in [1.807, 2.05) is 6.07 Å². The highest BCUT2D eigenvalue weighted by Crippen LogP contribution is 2.49. The molecule has 1 saturated heterocycles. The van der Waals surface area contributed by atoms with Gasteiger partial charge in [0.15, 0.2) is 11.5 Å². The molecule has 11 heteroatoms. The van der Waals surface area contributed by atoms with E-state index in [4.69, 9.17) is 19.4 Å². The molecule has 2 aromatic rings. The van der Waals surface area contributed by atoms with E-state index >= 15 is 0 Å².